The number of carbonyl (C=O) groups is 2. The molecule has 0 saturated heterocycles. The summed E-state index contributed by atoms with van der Waals surface area (Å²) in [5.41, 5.74) is 3.52. The third-order valence-corrected chi connectivity index (χ3v) is 4.72. The number of anilines is 1. The summed E-state index contributed by atoms with van der Waals surface area (Å²) in [6, 6.07) is 24.2. The van der Waals surface area contributed by atoms with Crippen molar-refractivity contribution in [2.24, 2.45) is 0 Å². The summed E-state index contributed by atoms with van der Waals surface area (Å²) in [5, 5.41) is 5.73. The highest BCUT2D eigenvalue weighted by Gasteiger charge is 2.15. The summed E-state index contributed by atoms with van der Waals surface area (Å²) in [6.45, 7) is 4.24. The van der Waals surface area contributed by atoms with Crippen LogP contribution < -0.4 is 15.4 Å². The maximum absolute atomic E-state index is 12.4. The Labute approximate surface area is 177 Å². The first kappa shape index (κ1) is 21.1. The number of benzene rings is 3. The highest BCUT2D eigenvalue weighted by molar-refractivity contribution is 5.95. The normalized spacial score (nSPS) is 11.4. The Kier molecular flexibility index (Phi) is 7.22. The van der Waals surface area contributed by atoms with E-state index in [1.807, 2.05) is 54.6 Å². The van der Waals surface area contributed by atoms with E-state index in [9.17, 15) is 9.59 Å². The third-order valence-electron chi connectivity index (χ3n) is 4.72. The smallest absolute Gasteiger partial charge is 0.265 e. The average molecular weight is 402 g/mol. The van der Waals surface area contributed by atoms with Crippen molar-refractivity contribution in [3.63, 3.8) is 0 Å². The van der Waals surface area contributed by atoms with Gasteiger partial charge in [-0.05, 0) is 60.9 Å². The molecule has 1 atom stereocenters. The SMILES string of the molecule is CCc1ccc(NC(=O)[C@@H](C)Oc2ccc(C(=O)NCc3ccccc3)cc2)cc1. The average Bonchev–Trinajstić information content (AvgIpc) is 2.79. The lowest BCUT2D eigenvalue weighted by atomic mass is 10.1. The number of nitrogens with one attached hydrogen (secondary N) is 2. The van der Waals surface area contributed by atoms with Gasteiger partial charge in [0.15, 0.2) is 6.10 Å². The van der Waals surface area contributed by atoms with E-state index in [1.54, 1.807) is 31.2 Å². The molecule has 3 aromatic rings. The molecule has 0 radical (unpaired) electrons. The van der Waals surface area contributed by atoms with Gasteiger partial charge in [0.1, 0.15) is 5.75 Å². The molecule has 0 fully saturated rings. The van der Waals surface area contributed by atoms with E-state index in [4.69, 9.17) is 4.74 Å². The van der Waals surface area contributed by atoms with E-state index >= 15 is 0 Å². The van der Waals surface area contributed by atoms with Gasteiger partial charge >= 0.3 is 0 Å². The highest BCUT2D eigenvalue weighted by Crippen LogP contribution is 2.16. The number of ether oxygens (including phenoxy) is 1. The molecular weight excluding hydrogens is 376 g/mol. The zero-order chi connectivity index (χ0) is 21.3. The van der Waals surface area contributed by atoms with Crippen molar-refractivity contribution in [3.05, 3.63) is 95.6 Å². The molecule has 3 rings (SSSR count). The number of aryl methyl sites for hydroxylation is 1. The largest absolute Gasteiger partial charge is 0.481 e. The molecule has 2 N–H and O–H groups in total. The minimum atomic E-state index is -0.673. The van der Waals surface area contributed by atoms with Crippen LogP contribution in [0.15, 0.2) is 78.9 Å². The summed E-state index contributed by atoms with van der Waals surface area (Å²) in [7, 11) is 0. The molecule has 30 heavy (non-hydrogen) atoms. The number of carbonyl (C=O) groups excluding carboxylic acids is 2. The monoisotopic (exact) mass is 402 g/mol. The molecule has 0 aliphatic rings. The maximum Gasteiger partial charge on any atom is 0.265 e. The Bertz CT molecular complexity index is 968. The van der Waals surface area contributed by atoms with E-state index in [0.717, 1.165) is 17.7 Å². The van der Waals surface area contributed by atoms with Gasteiger partial charge in [0.2, 0.25) is 0 Å². The molecule has 0 aliphatic heterocycles. The molecular formula is C25H26N2O3. The van der Waals surface area contributed by atoms with Gasteiger partial charge in [-0.25, -0.2) is 0 Å². The molecule has 154 valence electrons. The molecule has 5 heteroatoms. The van der Waals surface area contributed by atoms with Crippen molar-refractivity contribution in [2.45, 2.75) is 32.9 Å². The number of hydrogen-bond donors (Lipinski definition) is 2. The number of hydrogen-bond acceptors (Lipinski definition) is 3. The van der Waals surface area contributed by atoms with Gasteiger partial charge < -0.3 is 15.4 Å². The number of rotatable bonds is 8. The van der Waals surface area contributed by atoms with Crippen LogP contribution in [0.3, 0.4) is 0 Å². The first-order valence-corrected chi connectivity index (χ1v) is 10.0. The molecule has 0 bridgehead atoms. The zero-order valence-electron chi connectivity index (χ0n) is 17.2. The first-order chi connectivity index (χ1) is 14.5. The minimum absolute atomic E-state index is 0.160. The molecule has 0 heterocycles. The van der Waals surface area contributed by atoms with Gasteiger partial charge in [0.05, 0.1) is 0 Å². The highest BCUT2D eigenvalue weighted by atomic mass is 16.5. The first-order valence-electron chi connectivity index (χ1n) is 10.0. The summed E-state index contributed by atoms with van der Waals surface area (Å²) in [5.74, 6) is 0.134. The summed E-state index contributed by atoms with van der Waals surface area (Å²) in [6.07, 6.45) is 0.280. The molecule has 0 spiro atoms. The molecule has 0 aliphatic carbocycles. The molecule has 3 aromatic carbocycles. The van der Waals surface area contributed by atoms with Crippen LogP contribution in [0.1, 0.15) is 35.3 Å². The Morgan fingerprint density at radius 2 is 1.53 bits per heavy atom. The van der Waals surface area contributed by atoms with Crippen LogP contribution in [-0.2, 0) is 17.8 Å². The maximum atomic E-state index is 12.4. The van der Waals surface area contributed by atoms with E-state index in [2.05, 4.69) is 17.6 Å². The van der Waals surface area contributed by atoms with Crippen molar-refractivity contribution >= 4 is 17.5 Å². The summed E-state index contributed by atoms with van der Waals surface area (Å²) < 4.78 is 5.71. The fraction of sp³-hybridized carbons (Fsp3) is 0.200. The predicted octanol–water partition coefficient (Wildman–Crippen LogP) is 4.59. The third kappa shape index (κ3) is 5.95. The lowest BCUT2D eigenvalue weighted by molar-refractivity contribution is -0.122. The van der Waals surface area contributed by atoms with Crippen LogP contribution in [0.4, 0.5) is 5.69 Å². The van der Waals surface area contributed by atoms with Crippen LogP contribution in [0.25, 0.3) is 0 Å². The molecule has 0 aromatic heterocycles. The predicted molar refractivity (Wildman–Crippen MR) is 119 cm³/mol. The molecule has 5 nitrogen and oxygen atoms in total. The molecule has 2 amide bonds. The van der Waals surface area contributed by atoms with Gasteiger partial charge in [-0.15, -0.1) is 0 Å². The second-order valence-corrected chi connectivity index (χ2v) is 6.99. The Balaban J connectivity index is 1.51. The van der Waals surface area contributed by atoms with Crippen molar-refractivity contribution in [3.8, 4) is 5.75 Å². The fourth-order valence-electron chi connectivity index (χ4n) is 2.89. The van der Waals surface area contributed by atoms with Crippen molar-refractivity contribution < 1.29 is 14.3 Å². The Morgan fingerprint density at radius 1 is 0.867 bits per heavy atom. The number of amides is 2. The second-order valence-electron chi connectivity index (χ2n) is 6.99. The van der Waals surface area contributed by atoms with Crippen LogP contribution in [0.2, 0.25) is 0 Å². The lowest BCUT2D eigenvalue weighted by Gasteiger charge is -2.15. The Morgan fingerprint density at radius 3 is 2.17 bits per heavy atom. The minimum Gasteiger partial charge on any atom is -0.481 e. The van der Waals surface area contributed by atoms with Crippen molar-refractivity contribution in [1.29, 1.82) is 0 Å². The Hall–Kier alpha value is -3.60. The second kappa shape index (κ2) is 10.3. The molecule has 0 saturated carbocycles. The summed E-state index contributed by atoms with van der Waals surface area (Å²) >= 11 is 0. The van der Waals surface area contributed by atoms with Crippen LogP contribution in [0, 0.1) is 0 Å². The fourth-order valence-corrected chi connectivity index (χ4v) is 2.89. The van der Waals surface area contributed by atoms with Gasteiger partial charge in [0.25, 0.3) is 11.8 Å². The van der Waals surface area contributed by atoms with E-state index in [0.29, 0.717) is 17.9 Å². The van der Waals surface area contributed by atoms with Crippen LogP contribution in [0.5, 0.6) is 5.75 Å². The van der Waals surface area contributed by atoms with Gasteiger partial charge in [0, 0.05) is 17.8 Å². The van der Waals surface area contributed by atoms with Gasteiger partial charge in [-0.2, -0.15) is 0 Å². The topological polar surface area (TPSA) is 67.4 Å². The van der Waals surface area contributed by atoms with Gasteiger partial charge in [-0.1, -0.05) is 49.4 Å². The van der Waals surface area contributed by atoms with Crippen LogP contribution >= 0.6 is 0 Å². The zero-order valence-corrected chi connectivity index (χ0v) is 17.2. The van der Waals surface area contributed by atoms with Crippen LogP contribution in [-0.4, -0.2) is 17.9 Å². The standard InChI is InChI=1S/C25H26N2O3/c1-3-19-9-13-22(14-10-19)27-24(28)18(2)30-23-15-11-21(12-16-23)25(29)26-17-20-7-5-4-6-8-20/h4-16,18H,3,17H2,1-2H3,(H,26,29)(H,27,28)/t18-/m1/s1. The quantitative estimate of drug-likeness (QED) is 0.579. The van der Waals surface area contributed by atoms with Crippen molar-refractivity contribution in [1.82, 2.24) is 5.32 Å². The van der Waals surface area contributed by atoms with E-state index in [-0.39, 0.29) is 11.8 Å². The lowest BCUT2D eigenvalue weighted by Crippen LogP contribution is -2.30. The van der Waals surface area contributed by atoms with E-state index in [1.165, 1.54) is 5.56 Å². The van der Waals surface area contributed by atoms with E-state index < -0.39 is 6.10 Å². The van der Waals surface area contributed by atoms with Gasteiger partial charge in [-0.3, -0.25) is 9.59 Å². The summed E-state index contributed by atoms with van der Waals surface area (Å²) in [4.78, 5) is 24.7. The van der Waals surface area contributed by atoms with Crippen molar-refractivity contribution in [2.75, 3.05) is 5.32 Å². The molecule has 0 unspecified atom stereocenters.